The molecule has 1 heterocycles. The second-order valence-electron chi connectivity index (χ2n) is 4.87. The second-order valence-corrected chi connectivity index (χ2v) is 4.87. The lowest BCUT2D eigenvalue weighted by molar-refractivity contribution is 0.369. The summed E-state index contributed by atoms with van der Waals surface area (Å²) < 4.78 is 5.14. The molecule has 0 fully saturated rings. The minimum atomic E-state index is 0.298. The fourth-order valence-corrected chi connectivity index (χ4v) is 1.38. The van der Waals surface area contributed by atoms with Crippen LogP contribution in [0.25, 0.3) is 0 Å². The fourth-order valence-electron chi connectivity index (χ4n) is 1.38. The topological polar surface area (TPSA) is 89.3 Å². The molecule has 0 radical (unpaired) electrons. The van der Waals surface area contributed by atoms with Gasteiger partial charge in [-0.15, -0.1) is 0 Å². The Kier molecular flexibility index (Phi) is 5.61. The lowest BCUT2D eigenvalue weighted by atomic mass is 10.2. The van der Waals surface area contributed by atoms with E-state index in [0.717, 1.165) is 18.7 Å². The largest absolute Gasteiger partial charge is 0.370 e. The molecule has 0 aromatic carbocycles. The summed E-state index contributed by atoms with van der Waals surface area (Å²) in [6.07, 6.45) is 1.58. The normalized spacial score (nSPS) is 12.4. The number of nitrogens with zero attached hydrogens (tertiary/aromatic N) is 3. The van der Waals surface area contributed by atoms with Crippen molar-refractivity contribution in [3.8, 4) is 0 Å². The molecule has 0 bridgehead atoms. The highest BCUT2D eigenvalue weighted by atomic mass is 16.5. The standard InChI is InChI=1S/C12H23N5O/c1-8(2)11-16-10(18-17-11)6-5-7-14-12(13)15-9(3)4/h8-9H,5-7H2,1-4H3,(H3,13,14,15). The molecule has 6 nitrogen and oxygen atoms in total. The van der Waals surface area contributed by atoms with Crippen molar-refractivity contribution in [1.29, 1.82) is 0 Å². The van der Waals surface area contributed by atoms with Crippen molar-refractivity contribution in [2.75, 3.05) is 6.54 Å². The Hall–Kier alpha value is -1.59. The van der Waals surface area contributed by atoms with E-state index in [1.807, 2.05) is 27.7 Å². The smallest absolute Gasteiger partial charge is 0.226 e. The lowest BCUT2D eigenvalue weighted by Crippen LogP contribution is -2.36. The molecule has 18 heavy (non-hydrogen) atoms. The van der Waals surface area contributed by atoms with Gasteiger partial charge in [-0.2, -0.15) is 4.98 Å². The SMILES string of the molecule is CC(C)NC(N)=NCCCc1nc(C(C)C)no1. The molecule has 102 valence electrons. The Balaban J connectivity index is 2.29. The van der Waals surface area contributed by atoms with Gasteiger partial charge in [0.2, 0.25) is 5.89 Å². The van der Waals surface area contributed by atoms with Crippen LogP contribution in [0.4, 0.5) is 0 Å². The first-order valence-corrected chi connectivity index (χ1v) is 6.38. The van der Waals surface area contributed by atoms with E-state index in [9.17, 15) is 0 Å². The zero-order valence-electron chi connectivity index (χ0n) is 11.6. The minimum Gasteiger partial charge on any atom is -0.370 e. The van der Waals surface area contributed by atoms with Crippen LogP contribution in [0.1, 0.15) is 51.7 Å². The summed E-state index contributed by atoms with van der Waals surface area (Å²) in [6, 6.07) is 0.304. The summed E-state index contributed by atoms with van der Waals surface area (Å²) in [5, 5.41) is 6.95. The maximum Gasteiger partial charge on any atom is 0.226 e. The first-order chi connectivity index (χ1) is 8.49. The van der Waals surface area contributed by atoms with Crippen LogP contribution in [0, 0.1) is 0 Å². The number of rotatable bonds is 6. The maximum atomic E-state index is 5.69. The van der Waals surface area contributed by atoms with E-state index in [1.165, 1.54) is 0 Å². The highest BCUT2D eigenvalue weighted by Crippen LogP contribution is 2.10. The molecule has 3 N–H and O–H groups in total. The first-order valence-electron chi connectivity index (χ1n) is 6.38. The molecule has 1 rings (SSSR count). The van der Waals surface area contributed by atoms with E-state index in [0.29, 0.717) is 30.4 Å². The van der Waals surface area contributed by atoms with Crippen LogP contribution < -0.4 is 11.1 Å². The molecule has 6 heteroatoms. The summed E-state index contributed by atoms with van der Waals surface area (Å²) in [7, 11) is 0. The van der Waals surface area contributed by atoms with E-state index in [4.69, 9.17) is 10.3 Å². The quantitative estimate of drug-likeness (QED) is 0.455. The molecule has 0 amide bonds. The Morgan fingerprint density at radius 1 is 1.39 bits per heavy atom. The van der Waals surface area contributed by atoms with Crippen molar-refractivity contribution in [1.82, 2.24) is 15.5 Å². The van der Waals surface area contributed by atoms with Crippen LogP contribution in [0.5, 0.6) is 0 Å². The highest BCUT2D eigenvalue weighted by Gasteiger charge is 2.08. The van der Waals surface area contributed by atoms with E-state index >= 15 is 0 Å². The number of hydrogen-bond donors (Lipinski definition) is 2. The molecule has 0 saturated carbocycles. The van der Waals surface area contributed by atoms with Crippen LogP contribution in [0.3, 0.4) is 0 Å². The van der Waals surface area contributed by atoms with E-state index in [-0.39, 0.29) is 0 Å². The Bertz CT molecular complexity index is 384. The fraction of sp³-hybridized carbons (Fsp3) is 0.750. The van der Waals surface area contributed by atoms with Gasteiger partial charge in [0.05, 0.1) is 0 Å². The lowest BCUT2D eigenvalue weighted by Gasteiger charge is -2.07. The third kappa shape index (κ3) is 5.16. The second kappa shape index (κ2) is 6.98. The average molecular weight is 253 g/mol. The maximum absolute atomic E-state index is 5.69. The Morgan fingerprint density at radius 3 is 2.67 bits per heavy atom. The summed E-state index contributed by atoms with van der Waals surface area (Å²) in [6.45, 7) is 8.78. The third-order valence-electron chi connectivity index (χ3n) is 2.27. The van der Waals surface area contributed by atoms with Gasteiger partial charge in [0.15, 0.2) is 11.8 Å². The Labute approximate surface area is 108 Å². The monoisotopic (exact) mass is 253 g/mol. The number of aromatic nitrogens is 2. The van der Waals surface area contributed by atoms with Crippen molar-refractivity contribution in [3.05, 3.63) is 11.7 Å². The molecule has 1 aromatic heterocycles. The number of nitrogens with two attached hydrogens (primary N) is 1. The van der Waals surface area contributed by atoms with E-state index < -0.39 is 0 Å². The molecule has 0 unspecified atom stereocenters. The van der Waals surface area contributed by atoms with Gasteiger partial charge in [-0.25, -0.2) is 0 Å². The van der Waals surface area contributed by atoms with E-state index in [1.54, 1.807) is 0 Å². The average Bonchev–Trinajstić information content (AvgIpc) is 2.72. The summed E-state index contributed by atoms with van der Waals surface area (Å²) >= 11 is 0. The van der Waals surface area contributed by atoms with Crippen LogP contribution >= 0.6 is 0 Å². The number of guanidine groups is 1. The van der Waals surface area contributed by atoms with Gasteiger partial charge in [-0.1, -0.05) is 19.0 Å². The van der Waals surface area contributed by atoms with Gasteiger partial charge >= 0.3 is 0 Å². The molecule has 0 atom stereocenters. The molecular weight excluding hydrogens is 230 g/mol. The Morgan fingerprint density at radius 2 is 2.11 bits per heavy atom. The molecule has 0 aliphatic rings. The number of hydrogen-bond acceptors (Lipinski definition) is 4. The van der Waals surface area contributed by atoms with Gasteiger partial charge < -0.3 is 15.6 Å². The number of nitrogens with one attached hydrogen (secondary N) is 1. The van der Waals surface area contributed by atoms with E-state index in [2.05, 4.69) is 20.4 Å². The summed E-state index contributed by atoms with van der Waals surface area (Å²) in [4.78, 5) is 8.52. The molecular formula is C12H23N5O. The minimum absolute atomic E-state index is 0.298. The summed E-state index contributed by atoms with van der Waals surface area (Å²) in [5.74, 6) is 2.21. The predicted octanol–water partition coefficient (Wildman–Crippen LogP) is 1.44. The molecule has 1 aromatic rings. The van der Waals surface area contributed by atoms with Crippen LogP contribution in [-0.4, -0.2) is 28.7 Å². The molecule has 0 aliphatic carbocycles. The van der Waals surface area contributed by atoms with Crippen molar-refractivity contribution in [2.24, 2.45) is 10.7 Å². The van der Waals surface area contributed by atoms with Crippen molar-refractivity contribution >= 4 is 5.96 Å². The van der Waals surface area contributed by atoms with Gasteiger partial charge in [0.25, 0.3) is 0 Å². The van der Waals surface area contributed by atoms with Crippen molar-refractivity contribution < 1.29 is 4.52 Å². The van der Waals surface area contributed by atoms with Gasteiger partial charge in [-0.05, 0) is 20.3 Å². The van der Waals surface area contributed by atoms with Crippen LogP contribution in [0.2, 0.25) is 0 Å². The highest BCUT2D eigenvalue weighted by molar-refractivity contribution is 5.77. The van der Waals surface area contributed by atoms with Crippen molar-refractivity contribution in [2.45, 2.75) is 52.5 Å². The van der Waals surface area contributed by atoms with Crippen LogP contribution in [0.15, 0.2) is 9.52 Å². The van der Waals surface area contributed by atoms with Gasteiger partial charge in [0.1, 0.15) is 0 Å². The molecule has 0 saturated heterocycles. The zero-order chi connectivity index (χ0) is 13.5. The summed E-state index contributed by atoms with van der Waals surface area (Å²) in [5.41, 5.74) is 5.69. The first kappa shape index (κ1) is 14.5. The zero-order valence-corrected chi connectivity index (χ0v) is 11.6. The van der Waals surface area contributed by atoms with Gasteiger partial charge in [0, 0.05) is 24.9 Å². The number of aliphatic imine (C=N–C) groups is 1. The predicted molar refractivity (Wildman–Crippen MR) is 71.5 cm³/mol. The third-order valence-corrected chi connectivity index (χ3v) is 2.27. The molecule has 0 aliphatic heterocycles. The van der Waals surface area contributed by atoms with Crippen molar-refractivity contribution in [3.63, 3.8) is 0 Å². The van der Waals surface area contributed by atoms with Gasteiger partial charge in [-0.3, -0.25) is 4.99 Å². The molecule has 0 spiro atoms. The van der Waals surface area contributed by atoms with Crippen LogP contribution in [-0.2, 0) is 6.42 Å². The number of aryl methyl sites for hydroxylation is 1.